The predicted octanol–water partition coefficient (Wildman–Crippen LogP) is 4.20. The third kappa shape index (κ3) is 4.46. The summed E-state index contributed by atoms with van der Waals surface area (Å²) in [4.78, 5) is 12.5. The Morgan fingerprint density at radius 1 is 1.04 bits per heavy atom. The molecule has 0 aliphatic heterocycles. The van der Waals surface area contributed by atoms with E-state index in [-0.39, 0.29) is 21.9 Å². The topological polar surface area (TPSA) is 63.2 Å². The fraction of sp³-hybridized carbons (Fsp3) is 0.350. The van der Waals surface area contributed by atoms with Crippen molar-refractivity contribution in [2.45, 2.75) is 42.5 Å². The summed E-state index contributed by atoms with van der Waals surface area (Å²) in [6.45, 7) is 0. The number of rotatable bonds is 4. The molecule has 138 valence electrons. The largest absolute Gasteiger partial charge is 0.349 e. The van der Waals surface area contributed by atoms with E-state index in [1.54, 1.807) is 6.07 Å². The minimum absolute atomic E-state index is 0.0143. The Hall–Kier alpha value is -1.85. The van der Waals surface area contributed by atoms with Gasteiger partial charge in [0.25, 0.3) is 5.91 Å². The molecule has 0 radical (unpaired) electrons. The molecule has 6 heteroatoms. The molecule has 2 aromatic rings. The second-order valence-corrected chi connectivity index (χ2v) is 9.24. The first-order valence-electron chi connectivity index (χ1n) is 8.70. The number of carbonyl (C=O) groups excluding carboxylic acids is 1. The second-order valence-electron chi connectivity index (χ2n) is 6.85. The average molecular weight is 392 g/mol. The third-order valence-electron chi connectivity index (χ3n) is 4.93. The van der Waals surface area contributed by atoms with Gasteiger partial charge in [0, 0.05) is 17.9 Å². The van der Waals surface area contributed by atoms with Crippen LogP contribution in [0.3, 0.4) is 0 Å². The van der Waals surface area contributed by atoms with Crippen LogP contribution in [-0.2, 0) is 9.84 Å². The Kier molecular flexibility index (Phi) is 5.68. The number of benzene rings is 2. The van der Waals surface area contributed by atoms with Gasteiger partial charge in [-0.25, -0.2) is 8.42 Å². The molecule has 1 N–H and O–H groups in total. The van der Waals surface area contributed by atoms with E-state index in [2.05, 4.69) is 29.6 Å². The van der Waals surface area contributed by atoms with Crippen molar-refractivity contribution in [2.24, 2.45) is 0 Å². The van der Waals surface area contributed by atoms with Gasteiger partial charge in [-0.05, 0) is 55.4 Å². The molecule has 3 rings (SSSR count). The SMILES string of the molecule is CS(=O)(=O)c1cc(C(=O)NC2CCC(c3ccccc3)CC2)ccc1Cl. The standard InChI is InChI=1S/C20H22ClNO3S/c1-26(24,25)19-13-16(9-12-18(19)21)20(23)22-17-10-7-15(8-11-17)14-5-3-2-4-6-14/h2-6,9,12-13,15,17H,7-8,10-11H2,1H3,(H,22,23). The van der Waals surface area contributed by atoms with Gasteiger partial charge in [0.15, 0.2) is 9.84 Å². The predicted molar refractivity (Wildman–Crippen MR) is 103 cm³/mol. The molecule has 0 saturated heterocycles. The zero-order valence-corrected chi connectivity index (χ0v) is 16.2. The Labute approximate surface area is 159 Å². The average Bonchev–Trinajstić information content (AvgIpc) is 2.62. The van der Waals surface area contributed by atoms with Crippen molar-refractivity contribution in [3.05, 3.63) is 64.7 Å². The van der Waals surface area contributed by atoms with Crippen LogP contribution in [0.1, 0.15) is 47.5 Å². The van der Waals surface area contributed by atoms with Crippen molar-refractivity contribution < 1.29 is 13.2 Å². The summed E-state index contributed by atoms with van der Waals surface area (Å²) in [5.74, 6) is 0.284. The minimum atomic E-state index is -3.47. The summed E-state index contributed by atoms with van der Waals surface area (Å²) in [5.41, 5.74) is 1.67. The quantitative estimate of drug-likeness (QED) is 0.849. The summed E-state index contributed by atoms with van der Waals surface area (Å²) in [6.07, 6.45) is 4.98. The summed E-state index contributed by atoms with van der Waals surface area (Å²) in [5, 5.41) is 3.16. The molecule has 1 amide bonds. The summed E-state index contributed by atoms with van der Waals surface area (Å²) in [6, 6.07) is 14.9. The van der Waals surface area contributed by atoms with Crippen LogP contribution in [-0.4, -0.2) is 26.6 Å². The molecule has 0 heterocycles. The van der Waals surface area contributed by atoms with Gasteiger partial charge in [0.1, 0.15) is 0 Å². The summed E-state index contributed by atoms with van der Waals surface area (Å²) >= 11 is 5.94. The first-order chi connectivity index (χ1) is 12.3. The lowest BCUT2D eigenvalue weighted by atomic mass is 9.82. The molecule has 1 fully saturated rings. The van der Waals surface area contributed by atoms with Crippen LogP contribution >= 0.6 is 11.6 Å². The van der Waals surface area contributed by atoms with E-state index in [4.69, 9.17) is 11.6 Å². The van der Waals surface area contributed by atoms with Crippen LogP contribution in [0, 0.1) is 0 Å². The van der Waals surface area contributed by atoms with E-state index in [1.807, 2.05) is 6.07 Å². The highest BCUT2D eigenvalue weighted by Crippen LogP contribution is 2.33. The van der Waals surface area contributed by atoms with Crippen LogP contribution in [0.2, 0.25) is 5.02 Å². The van der Waals surface area contributed by atoms with Crippen molar-refractivity contribution in [3.63, 3.8) is 0 Å². The van der Waals surface area contributed by atoms with Crippen LogP contribution in [0.5, 0.6) is 0 Å². The van der Waals surface area contributed by atoms with Crippen LogP contribution in [0.4, 0.5) is 0 Å². The van der Waals surface area contributed by atoms with E-state index in [0.717, 1.165) is 31.9 Å². The zero-order valence-electron chi connectivity index (χ0n) is 14.6. The molecule has 1 aliphatic rings. The first-order valence-corrected chi connectivity index (χ1v) is 11.0. The molecule has 0 atom stereocenters. The molecule has 2 aromatic carbocycles. The van der Waals surface area contributed by atoms with Crippen LogP contribution in [0.15, 0.2) is 53.4 Å². The van der Waals surface area contributed by atoms with E-state index >= 15 is 0 Å². The lowest BCUT2D eigenvalue weighted by Crippen LogP contribution is -2.37. The summed E-state index contributed by atoms with van der Waals surface area (Å²) < 4.78 is 23.5. The number of amides is 1. The van der Waals surface area contributed by atoms with Crippen molar-refractivity contribution in [2.75, 3.05) is 6.26 Å². The lowest BCUT2D eigenvalue weighted by molar-refractivity contribution is 0.0925. The number of carbonyl (C=O) groups is 1. The van der Waals surface area contributed by atoms with Crippen LogP contribution < -0.4 is 5.32 Å². The van der Waals surface area contributed by atoms with Gasteiger partial charge in [0.2, 0.25) is 0 Å². The van der Waals surface area contributed by atoms with E-state index in [1.165, 1.54) is 17.7 Å². The number of hydrogen-bond acceptors (Lipinski definition) is 3. The third-order valence-corrected chi connectivity index (χ3v) is 6.50. The van der Waals surface area contributed by atoms with Gasteiger partial charge < -0.3 is 5.32 Å². The molecule has 4 nitrogen and oxygen atoms in total. The fourth-order valence-corrected chi connectivity index (χ4v) is 4.80. The molecule has 1 saturated carbocycles. The Morgan fingerprint density at radius 3 is 2.31 bits per heavy atom. The highest BCUT2D eigenvalue weighted by atomic mass is 35.5. The maximum absolute atomic E-state index is 12.5. The molecule has 26 heavy (non-hydrogen) atoms. The van der Waals surface area contributed by atoms with Gasteiger partial charge in [-0.15, -0.1) is 0 Å². The number of nitrogens with one attached hydrogen (secondary N) is 1. The maximum atomic E-state index is 12.5. The van der Waals surface area contributed by atoms with Crippen LogP contribution in [0.25, 0.3) is 0 Å². The highest BCUT2D eigenvalue weighted by molar-refractivity contribution is 7.90. The highest BCUT2D eigenvalue weighted by Gasteiger charge is 2.24. The van der Waals surface area contributed by atoms with E-state index in [9.17, 15) is 13.2 Å². The molecule has 0 spiro atoms. The monoisotopic (exact) mass is 391 g/mol. The van der Waals surface area contributed by atoms with Crippen molar-refractivity contribution in [3.8, 4) is 0 Å². The van der Waals surface area contributed by atoms with Gasteiger partial charge in [0.05, 0.1) is 9.92 Å². The molecule has 0 aromatic heterocycles. The summed E-state index contributed by atoms with van der Waals surface area (Å²) in [7, 11) is -3.47. The number of sulfone groups is 1. The smallest absolute Gasteiger partial charge is 0.251 e. The molecular weight excluding hydrogens is 370 g/mol. The lowest BCUT2D eigenvalue weighted by Gasteiger charge is -2.29. The number of halogens is 1. The van der Waals surface area contributed by atoms with Gasteiger partial charge in [-0.3, -0.25) is 4.79 Å². The van der Waals surface area contributed by atoms with Gasteiger partial charge in [-0.1, -0.05) is 41.9 Å². The maximum Gasteiger partial charge on any atom is 0.251 e. The Balaban J connectivity index is 1.63. The zero-order chi connectivity index (χ0) is 18.7. The van der Waals surface area contributed by atoms with Gasteiger partial charge >= 0.3 is 0 Å². The minimum Gasteiger partial charge on any atom is -0.349 e. The van der Waals surface area contributed by atoms with E-state index < -0.39 is 9.84 Å². The molecule has 1 aliphatic carbocycles. The van der Waals surface area contributed by atoms with E-state index in [0.29, 0.717) is 11.5 Å². The van der Waals surface area contributed by atoms with Gasteiger partial charge in [-0.2, -0.15) is 0 Å². The van der Waals surface area contributed by atoms with Crippen molar-refractivity contribution in [1.82, 2.24) is 5.32 Å². The number of hydrogen-bond donors (Lipinski definition) is 1. The molecule has 0 unspecified atom stereocenters. The first kappa shape index (κ1) is 18.9. The van der Waals surface area contributed by atoms with Crippen molar-refractivity contribution >= 4 is 27.3 Å². The Bertz CT molecular complexity index is 889. The Morgan fingerprint density at radius 2 is 1.69 bits per heavy atom. The molecule has 0 bridgehead atoms. The molecular formula is C20H22ClNO3S. The fourth-order valence-electron chi connectivity index (χ4n) is 3.49. The van der Waals surface area contributed by atoms with Crippen molar-refractivity contribution in [1.29, 1.82) is 0 Å². The normalized spacial score (nSPS) is 20.5. The second kappa shape index (κ2) is 7.80.